The van der Waals surface area contributed by atoms with Crippen LogP contribution in [0.3, 0.4) is 0 Å². The van der Waals surface area contributed by atoms with Gasteiger partial charge in [-0.15, -0.1) is 0 Å². The van der Waals surface area contributed by atoms with Crippen molar-refractivity contribution < 1.29 is 14.3 Å². The SMILES string of the molecule is CCC(=O)C1Cc2ccc(OC)cc2C1=O. The Bertz CT molecular complexity index is 448. The van der Waals surface area contributed by atoms with Gasteiger partial charge in [0.25, 0.3) is 0 Å². The quantitative estimate of drug-likeness (QED) is 0.729. The molecule has 0 fully saturated rings. The molecule has 0 bridgehead atoms. The van der Waals surface area contributed by atoms with Gasteiger partial charge >= 0.3 is 0 Å². The molecule has 0 amide bonds. The van der Waals surface area contributed by atoms with E-state index in [2.05, 4.69) is 0 Å². The standard InChI is InChI=1S/C13H14O3/c1-3-12(14)11-6-8-4-5-9(16-2)7-10(8)13(11)15/h4-5,7,11H,3,6H2,1-2H3. The number of hydrogen-bond donors (Lipinski definition) is 0. The summed E-state index contributed by atoms with van der Waals surface area (Å²) < 4.78 is 5.07. The van der Waals surface area contributed by atoms with Crippen LogP contribution in [0.4, 0.5) is 0 Å². The van der Waals surface area contributed by atoms with Gasteiger partial charge in [0.05, 0.1) is 13.0 Å². The minimum Gasteiger partial charge on any atom is -0.497 e. The molecule has 2 rings (SSSR count). The molecule has 16 heavy (non-hydrogen) atoms. The first-order valence-corrected chi connectivity index (χ1v) is 5.41. The van der Waals surface area contributed by atoms with Crippen molar-refractivity contribution in [2.75, 3.05) is 7.11 Å². The molecule has 3 heteroatoms. The van der Waals surface area contributed by atoms with Crippen LogP contribution in [-0.4, -0.2) is 18.7 Å². The average molecular weight is 218 g/mol. The summed E-state index contributed by atoms with van der Waals surface area (Å²) in [6.07, 6.45) is 0.965. The molecule has 1 aliphatic carbocycles. The zero-order chi connectivity index (χ0) is 11.7. The summed E-state index contributed by atoms with van der Waals surface area (Å²) in [5.41, 5.74) is 1.60. The maximum atomic E-state index is 12.0. The van der Waals surface area contributed by atoms with Gasteiger partial charge in [-0.3, -0.25) is 9.59 Å². The van der Waals surface area contributed by atoms with Crippen LogP contribution in [0.25, 0.3) is 0 Å². The zero-order valence-corrected chi connectivity index (χ0v) is 9.45. The lowest BCUT2D eigenvalue weighted by atomic mass is 9.98. The molecule has 0 saturated carbocycles. The summed E-state index contributed by atoms with van der Waals surface area (Å²) in [5, 5.41) is 0. The number of carbonyl (C=O) groups excluding carboxylic acids is 2. The van der Waals surface area contributed by atoms with Gasteiger partial charge in [-0.05, 0) is 24.1 Å². The second kappa shape index (κ2) is 4.08. The lowest BCUT2D eigenvalue weighted by Crippen LogP contribution is -2.19. The second-order valence-electron chi connectivity index (χ2n) is 3.96. The van der Waals surface area contributed by atoms with E-state index in [1.54, 1.807) is 20.1 Å². The van der Waals surface area contributed by atoms with E-state index in [0.717, 1.165) is 5.56 Å². The van der Waals surface area contributed by atoms with E-state index < -0.39 is 5.92 Å². The van der Waals surface area contributed by atoms with Crippen LogP contribution in [0.5, 0.6) is 5.75 Å². The predicted octanol–water partition coefficient (Wildman–Crippen LogP) is 2.03. The first-order chi connectivity index (χ1) is 7.67. The van der Waals surface area contributed by atoms with Crippen LogP contribution < -0.4 is 4.74 Å². The largest absolute Gasteiger partial charge is 0.497 e. The van der Waals surface area contributed by atoms with E-state index in [-0.39, 0.29) is 11.6 Å². The van der Waals surface area contributed by atoms with Gasteiger partial charge in [-0.1, -0.05) is 13.0 Å². The Morgan fingerprint density at radius 2 is 2.25 bits per heavy atom. The van der Waals surface area contributed by atoms with Crippen molar-refractivity contribution in [3.63, 3.8) is 0 Å². The number of Topliss-reactive ketones (excluding diaryl/α,β-unsaturated/α-hetero) is 2. The zero-order valence-electron chi connectivity index (χ0n) is 9.45. The van der Waals surface area contributed by atoms with Crippen molar-refractivity contribution in [1.82, 2.24) is 0 Å². The molecule has 0 N–H and O–H groups in total. The van der Waals surface area contributed by atoms with Crippen LogP contribution in [0.15, 0.2) is 18.2 Å². The molecular weight excluding hydrogens is 204 g/mol. The van der Waals surface area contributed by atoms with Gasteiger partial charge < -0.3 is 4.74 Å². The molecule has 1 aliphatic rings. The number of ketones is 2. The molecular formula is C13H14O3. The molecule has 0 aromatic heterocycles. The van der Waals surface area contributed by atoms with Gasteiger partial charge in [0.2, 0.25) is 0 Å². The Hall–Kier alpha value is -1.64. The third-order valence-corrected chi connectivity index (χ3v) is 3.06. The fourth-order valence-corrected chi connectivity index (χ4v) is 2.10. The topological polar surface area (TPSA) is 43.4 Å². The highest BCUT2D eigenvalue weighted by Gasteiger charge is 2.34. The van der Waals surface area contributed by atoms with E-state index in [0.29, 0.717) is 24.2 Å². The normalized spacial score (nSPS) is 18.4. The molecule has 1 unspecified atom stereocenters. The molecule has 0 spiro atoms. The fourth-order valence-electron chi connectivity index (χ4n) is 2.10. The number of ether oxygens (including phenoxy) is 1. The van der Waals surface area contributed by atoms with Crippen LogP contribution in [0, 0.1) is 5.92 Å². The highest BCUT2D eigenvalue weighted by atomic mass is 16.5. The minimum atomic E-state index is -0.466. The maximum Gasteiger partial charge on any atom is 0.174 e. The van der Waals surface area contributed by atoms with Crippen LogP contribution in [0.2, 0.25) is 0 Å². The predicted molar refractivity (Wildman–Crippen MR) is 59.8 cm³/mol. The lowest BCUT2D eigenvalue weighted by Gasteiger charge is -2.03. The first kappa shape index (κ1) is 10.9. The Kier molecular flexibility index (Phi) is 2.77. The van der Waals surface area contributed by atoms with Gasteiger partial charge in [0, 0.05) is 12.0 Å². The van der Waals surface area contributed by atoms with Crippen molar-refractivity contribution in [3.8, 4) is 5.75 Å². The highest BCUT2D eigenvalue weighted by molar-refractivity contribution is 6.14. The average Bonchev–Trinajstić information content (AvgIpc) is 2.65. The summed E-state index contributed by atoms with van der Waals surface area (Å²) in [6, 6.07) is 5.42. The number of methoxy groups -OCH3 is 1. The van der Waals surface area contributed by atoms with Gasteiger partial charge in [-0.2, -0.15) is 0 Å². The monoisotopic (exact) mass is 218 g/mol. The lowest BCUT2D eigenvalue weighted by molar-refractivity contribution is -0.121. The Labute approximate surface area is 94.4 Å². The van der Waals surface area contributed by atoms with Crippen molar-refractivity contribution in [2.45, 2.75) is 19.8 Å². The fraction of sp³-hybridized carbons (Fsp3) is 0.385. The van der Waals surface area contributed by atoms with Crippen LogP contribution >= 0.6 is 0 Å². The number of hydrogen-bond acceptors (Lipinski definition) is 3. The van der Waals surface area contributed by atoms with Crippen molar-refractivity contribution in [2.24, 2.45) is 5.92 Å². The molecule has 3 nitrogen and oxygen atoms in total. The summed E-state index contributed by atoms with van der Waals surface area (Å²) in [6.45, 7) is 1.79. The van der Waals surface area contributed by atoms with E-state index in [4.69, 9.17) is 4.74 Å². The van der Waals surface area contributed by atoms with Crippen molar-refractivity contribution in [3.05, 3.63) is 29.3 Å². The van der Waals surface area contributed by atoms with Crippen LogP contribution in [0.1, 0.15) is 29.3 Å². The molecule has 1 atom stereocenters. The number of carbonyl (C=O) groups is 2. The molecule has 1 aromatic carbocycles. The van der Waals surface area contributed by atoms with Gasteiger partial charge in [-0.25, -0.2) is 0 Å². The summed E-state index contributed by atoms with van der Waals surface area (Å²) >= 11 is 0. The molecule has 0 saturated heterocycles. The first-order valence-electron chi connectivity index (χ1n) is 5.41. The Balaban J connectivity index is 2.35. The number of benzene rings is 1. The number of fused-ring (bicyclic) bond motifs is 1. The smallest absolute Gasteiger partial charge is 0.174 e. The highest BCUT2D eigenvalue weighted by Crippen LogP contribution is 2.30. The molecule has 1 aromatic rings. The minimum absolute atomic E-state index is 0.0279. The number of rotatable bonds is 3. The summed E-state index contributed by atoms with van der Waals surface area (Å²) in [7, 11) is 1.57. The van der Waals surface area contributed by atoms with Crippen molar-refractivity contribution in [1.29, 1.82) is 0 Å². The third-order valence-electron chi connectivity index (χ3n) is 3.06. The second-order valence-corrected chi connectivity index (χ2v) is 3.96. The third kappa shape index (κ3) is 1.62. The van der Waals surface area contributed by atoms with E-state index in [1.807, 2.05) is 12.1 Å². The molecule has 0 heterocycles. The maximum absolute atomic E-state index is 12.0. The Morgan fingerprint density at radius 1 is 1.50 bits per heavy atom. The van der Waals surface area contributed by atoms with Gasteiger partial charge in [0.1, 0.15) is 11.5 Å². The van der Waals surface area contributed by atoms with E-state index in [9.17, 15) is 9.59 Å². The molecule has 0 aliphatic heterocycles. The van der Waals surface area contributed by atoms with Crippen molar-refractivity contribution >= 4 is 11.6 Å². The van der Waals surface area contributed by atoms with Crippen LogP contribution in [-0.2, 0) is 11.2 Å². The van der Waals surface area contributed by atoms with E-state index >= 15 is 0 Å². The molecule has 84 valence electrons. The van der Waals surface area contributed by atoms with E-state index in [1.165, 1.54) is 0 Å². The van der Waals surface area contributed by atoms with Gasteiger partial charge in [0.15, 0.2) is 5.78 Å². The Morgan fingerprint density at radius 3 is 2.88 bits per heavy atom. The molecule has 0 radical (unpaired) electrons. The summed E-state index contributed by atoms with van der Waals surface area (Å²) in [4.78, 5) is 23.6. The summed E-state index contributed by atoms with van der Waals surface area (Å²) in [5.74, 6) is 0.171.